The van der Waals surface area contributed by atoms with Crippen LogP contribution >= 0.6 is 0 Å². The van der Waals surface area contributed by atoms with Gasteiger partial charge in [0, 0.05) is 0 Å². The largest absolute Gasteiger partial charge is 1.00 e. The van der Waals surface area contributed by atoms with Gasteiger partial charge >= 0.3 is 51.4 Å². The van der Waals surface area contributed by atoms with Gasteiger partial charge in [0.15, 0.2) is 0 Å². The van der Waals surface area contributed by atoms with Crippen molar-refractivity contribution in [1.29, 1.82) is 1.23 Å². The van der Waals surface area contributed by atoms with Crippen LogP contribution in [0.4, 0.5) is 0 Å². The molecule has 0 aliphatic carbocycles. The van der Waals surface area contributed by atoms with Crippen molar-refractivity contribution in [2.45, 2.75) is 33.9 Å². The van der Waals surface area contributed by atoms with E-state index in [0.29, 0.717) is 0 Å². The zero-order chi connectivity index (χ0) is 7.15. The Bertz CT molecular complexity index is 28.5. The molecule has 0 bridgehead atoms. The molecule has 0 spiro atoms. The SMILES string of the molecule is C[C-](C)C.[2H][Si-](C)C.[K+]. The molecule has 2 heteroatoms. The molecule has 8 heavy (non-hydrogen) atoms. The summed E-state index contributed by atoms with van der Waals surface area (Å²) in [5.74, 6) is 1.42. The van der Waals surface area contributed by atoms with Crippen molar-refractivity contribution in [3.63, 3.8) is 0 Å². The first kappa shape index (κ1) is 12.5. The van der Waals surface area contributed by atoms with Gasteiger partial charge in [0.1, 0.15) is 0 Å². The van der Waals surface area contributed by atoms with Gasteiger partial charge in [0.2, 0.25) is 0 Å². The minimum Gasteiger partial charge on any atom is -0.323 e. The van der Waals surface area contributed by atoms with Crippen LogP contribution in [0, 0.1) is 5.92 Å². The summed E-state index contributed by atoms with van der Waals surface area (Å²) in [7, 11) is -0.630. The Balaban J connectivity index is -0.0000000720. The van der Waals surface area contributed by atoms with E-state index < -0.39 is 9.45 Å². The van der Waals surface area contributed by atoms with Crippen LogP contribution in [0.1, 0.15) is 20.8 Å². The molecular formula is C6H16KSi-. The topological polar surface area (TPSA) is 0 Å². The quantitative estimate of drug-likeness (QED) is 0.316. The molecule has 0 radical (unpaired) electrons. The van der Waals surface area contributed by atoms with Gasteiger partial charge in [-0.2, -0.15) is 33.9 Å². The van der Waals surface area contributed by atoms with Crippen molar-refractivity contribution in [2.24, 2.45) is 0 Å². The van der Waals surface area contributed by atoms with Crippen LogP contribution in [0.25, 0.3) is 0 Å². The van der Waals surface area contributed by atoms with Crippen molar-refractivity contribution in [3.05, 3.63) is 5.92 Å². The smallest absolute Gasteiger partial charge is 0.323 e. The molecule has 0 aromatic rings. The maximum atomic E-state index is 6.69. The first-order chi connectivity index (χ1) is 3.46. The first-order valence-corrected chi connectivity index (χ1v) is 4.50. The van der Waals surface area contributed by atoms with Gasteiger partial charge in [-0.15, -0.1) is 0 Å². The molecule has 0 unspecified atom stereocenters. The first-order valence-electron chi connectivity index (χ1n) is 3.00. The predicted octanol–water partition coefficient (Wildman–Crippen LogP) is -0.856. The molecule has 0 aromatic heterocycles. The molecule has 0 saturated carbocycles. The summed E-state index contributed by atoms with van der Waals surface area (Å²) in [6.45, 7) is 10.1. The average molecular weight is 156 g/mol. The molecule has 0 rings (SSSR count). The van der Waals surface area contributed by atoms with Crippen molar-refractivity contribution in [1.82, 2.24) is 0 Å². The zero-order valence-corrected chi connectivity index (χ0v) is 11.1. The second-order valence-electron chi connectivity index (χ2n) is 2.00. The van der Waals surface area contributed by atoms with Crippen LogP contribution in [0.5, 0.6) is 0 Å². The van der Waals surface area contributed by atoms with Gasteiger partial charge in [0.05, 0.1) is 0 Å². The molecular weight excluding hydrogens is 139 g/mol. The van der Waals surface area contributed by atoms with Gasteiger partial charge in [0.25, 0.3) is 0 Å². The second-order valence-corrected chi connectivity index (χ2v) is 3.00. The fraction of sp³-hybridized carbons (Fsp3) is 0.833. The Labute approximate surface area is 100 Å². The van der Waals surface area contributed by atoms with E-state index in [0.717, 1.165) is 0 Å². The summed E-state index contributed by atoms with van der Waals surface area (Å²) in [5.41, 5.74) is 0. The summed E-state index contributed by atoms with van der Waals surface area (Å²) < 4.78 is 6.69. The van der Waals surface area contributed by atoms with E-state index in [9.17, 15) is 0 Å². The molecule has 0 amide bonds. The van der Waals surface area contributed by atoms with E-state index in [2.05, 4.69) is 20.8 Å². The van der Waals surface area contributed by atoms with Crippen LogP contribution in [0.2, 0.25) is 13.1 Å². The van der Waals surface area contributed by atoms with Gasteiger partial charge in [-0.3, -0.25) is 9.45 Å². The summed E-state index contributed by atoms with van der Waals surface area (Å²) in [6.07, 6.45) is 0. The molecule has 0 aliphatic heterocycles. The minimum absolute atomic E-state index is 0. The Morgan fingerprint density at radius 3 is 1.25 bits per heavy atom. The second kappa shape index (κ2) is 15.9. The van der Waals surface area contributed by atoms with E-state index in [-0.39, 0.29) is 51.4 Å². The normalized spacial score (nSPS) is 9.12. The molecule has 0 aliphatic rings. The van der Waals surface area contributed by atoms with Crippen molar-refractivity contribution in [2.75, 3.05) is 0 Å². The maximum absolute atomic E-state index is 6.69. The van der Waals surface area contributed by atoms with Crippen LogP contribution in [0.3, 0.4) is 0 Å². The van der Waals surface area contributed by atoms with Gasteiger partial charge in [-0.25, -0.2) is 1.23 Å². The van der Waals surface area contributed by atoms with Crippen LogP contribution in [-0.4, -0.2) is 10.7 Å². The third-order valence-corrected chi connectivity index (χ3v) is 0. The summed E-state index contributed by atoms with van der Waals surface area (Å²) >= 11 is 0. The molecule has 0 aromatic carbocycles. The Morgan fingerprint density at radius 1 is 1.25 bits per heavy atom. The minimum atomic E-state index is -0.630. The van der Waals surface area contributed by atoms with Crippen molar-refractivity contribution < 1.29 is 51.4 Å². The van der Waals surface area contributed by atoms with Gasteiger partial charge in [-0.1, -0.05) is 0 Å². The number of hydrogen-bond acceptors (Lipinski definition) is 0. The monoisotopic (exact) mass is 156 g/mol. The van der Waals surface area contributed by atoms with E-state index in [1.54, 1.807) is 0 Å². The maximum Gasteiger partial charge on any atom is 1.00 e. The standard InChI is InChI=1S/C4H9.C2H7Si.K/c1-4(2)3;1-3-2;/h1-3H3;3H,1-2H3;/q2*-1;+1/i;3D;. The zero-order valence-electron chi connectivity index (χ0n) is 8.00. The predicted molar refractivity (Wildman–Crippen MR) is 39.1 cm³/mol. The van der Waals surface area contributed by atoms with E-state index >= 15 is 0 Å². The third-order valence-electron chi connectivity index (χ3n) is 0. The van der Waals surface area contributed by atoms with Gasteiger partial charge < -0.3 is 5.92 Å². The summed E-state index contributed by atoms with van der Waals surface area (Å²) in [4.78, 5) is 0. The fourth-order valence-electron chi connectivity index (χ4n) is 0. The Kier molecular flexibility index (Phi) is 24.9. The summed E-state index contributed by atoms with van der Waals surface area (Å²) in [6, 6.07) is 0. The fourth-order valence-corrected chi connectivity index (χ4v) is 0. The van der Waals surface area contributed by atoms with Crippen LogP contribution < -0.4 is 51.4 Å². The van der Waals surface area contributed by atoms with E-state index in [1.165, 1.54) is 5.92 Å². The molecule has 0 heterocycles. The molecule has 0 atom stereocenters. The molecule has 0 N–H and O–H groups in total. The van der Waals surface area contributed by atoms with Crippen LogP contribution in [0.15, 0.2) is 0 Å². The van der Waals surface area contributed by atoms with Crippen molar-refractivity contribution in [3.8, 4) is 0 Å². The molecule has 46 valence electrons. The Hall–Kier alpha value is 1.85. The third kappa shape index (κ3) is 107. The number of hydrogen-bond donors (Lipinski definition) is 0. The summed E-state index contributed by atoms with van der Waals surface area (Å²) in [5, 5.41) is 0. The molecule has 0 saturated heterocycles. The average Bonchev–Trinajstić information content (AvgIpc) is 1.25. The van der Waals surface area contributed by atoms with Crippen molar-refractivity contribution >= 4 is 9.45 Å². The van der Waals surface area contributed by atoms with Crippen LogP contribution in [-0.2, 0) is 0 Å². The van der Waals surface area contributed by atoms with E-state index in [4.69, 9.17) is 1.23 Å². The Morgan fingerprint density at radius 2 is 1.25 bits per heavy atom. The molecule has 0 fully saturated rings. The van der Waals surface area contributed by atoms with E-state index in [1.807, 2.05) is 13.1 Å². The van der Waals surface area contributed by atoms with Gasteiger partial charge in [-0.05, 0) is 0 Å². The molecule has 0 nitrogen and oxygen atoms in total. The number of rotatable bonds is 0.